The number of halogens is 1. The van der Waals surface area contributed by atoms with E-state index in [1.165, 1.54) is 25.6 Å². The largest absolute Gasteiger partial charge is 0.477 e. The van der Waals surface area contributed by atoms with Crippen LogP contribution in [0.2, 0.25) is 0 Å². The van der Waals surface area contributed by atoms with E-state index in [1.54, 1.807) is 6.20 Å². The van der Waals surface area contributed by atoms with Crippen molar-refractivity contribution in [3.05, 3.63) is 17.0 Å². The predicted molar refractivity (Wildman–Crippen MR) is 57.2 cm³/mol. The summed E-state index contributed by atoms with van der Waals surface area (Å²) in [6.45, 7) is 0.764. The maximum absolute atomic E-state index is 5.55. The summed E-state index contributed by atoms with van der Waals surface area (Å²) in [4.78, 5) is 7.92. The third kappa shape index (κ3) is 2.44. The van der Waals surface area contributed by atoms with Gasteiger partial charge in [0.2, 0.25) is 5.88 Å². The topological polar surface area (TPSA) is 35.0 Å². The fourth-order valence-corrected chi connectivity index (χ4v) is 1.85. The van der Waals surface area contributed by atoms with Crippen LogP contribution in [0.15, 0.2) is 17.0 Å². The average Bonchev–Trinajstić information content (AvgIpc) is 2.12. The third-order valence-corrected chi connectivity index (χ3v) is 3.17. The first-order valence-corrected chi connectivity index (χ1v) is 5.74. The van der Waals surface area contributed by atoms with Gasteiger partial charge < -0.3 is 4.74 Å². The van der Waals surface area contributed by atoms with Crippen molar-refractivity contribution in [2.45, 2.75) is 25.7 Å². The Kier molecular flexibility index (Phi) is 3.35. The van der Waals surface area contributed by atoms with Crippen molar-refractivity contribution in [2.75, 3.05) is 6.61 Å². The van der Waals surface area contributed by atoms with Crippen LogP contribution in [0.3, 0.4) is 0 Å². The molecule has 0 spiro atoms. The standard InChI is InChI=1S/C10H13BrN2O/c11-9-6-12-7-13-10(9)14-5-4-8-2-1-3-8/h6-8H,1-5H2. The number of ether oxygens (including phenoxy) is 1. The molecule has 1 saturated carbocycles. The van der Waals surface area contributed by atoms with Gasteiger partial charge in [0.25, 0.3) is 0 Å². The number of rotatable bonds is 4. The highest BCUT2D eigenvalue weighted by atomic mass is 79.9. The van der Waals surface area contributed by atoms with Gasteiger partial charge in [0, 0.05) is 6.20 Å². The smallest absolute Gasteiger partial charge is 0.231 e. The Balaban J connectivity index is 1.76. The first-order chi connectivity index (χ1) is 6.86. The Bertz CT molecular complexity index is 302. The molecule has 1 fully saturated rings. The van der Waals surface area contributed by atoms with E-state index in [4.69, 9.17) is 4.74 Å². The molecule has 14 heavy (non-hydrogen) atoms. The Labute approximate surface area is 92.0 Å². The molecule has 0 aliphatic heterocycles. The molecule has 1 aromatic rings. The van der Waals surface area contributed by atoms with Crippen molar-refractivity contribution < 1.29 is 4.74 Å². The molecule has 0 amide bonds. The summed E-state index contributed by atoms with van der Waals surface area (Å²) in [5.41, 5.74) is 0. The summed E-state index contributed by atoms with van der Waals surface area (Å²) in [5, 5.41) is 0. The second kappa shape index (κ2) is 4.73. The van der Waals surface area contributed by atoms with Gasteiger partial charge >= 0.3 is 0 Å². The lowest BCUT2D eigenvalue weighted by atomic mass is 9.83. The van der Waals surface area contributed by atoms with E-state index in [-0.39, 0.29) is 0 Å². The molecule has 1 aromatic heterocycles. The van der Waals surface area contributed by atoms with Crippen molar-refractivity contribution in [3.8, 4) is 5.88 Å². The summed E-state index contributed by atoms with van der Waals surface area (Å²) in [7, 11) is 0. The van der Waals surface area contributed by atoms with Crippen LogP contribution in [-0.2, 0) is 0 Å². The van der Waals surface area contributed by atoms with E-state index in [0.29, 0.717) is 5.88 Å². The molecule has 0 bridgehead atoms. The van der Waals surface area contributed by atoms with Gasteiger partial charge in [-0.15, -0.1) is 0 Å². The molecule has 76 valence electrons. The quantitative estimate of drug-likeness (QED) is 0.831. The van der Waals surface area contributed by atoms with Crippen LogP contribution in [0.1, 0.15) is 25.7 Å². The van der Waals surface area contributed by atoms with Crippen molar-refractivity contribution >= 4 is 15.9 Å². The third-order valence-electron chi connectivity index (χ3n) is 2.62. The lowest BCUT2D eigenvalue weighted by Crippen LogP contribution is -2.14. The molecule has 0 aromatic carbocycles. The minimum atomic E-state index is 0.652. The summed E-state index contributed by atoms with van der Waals surface area (Å²) >= 11 is 3.34. The fourth-order valence-electron chi connectivity index (χ4n) is 1.51. The normalized spacial score (nSPS) is 16.4. The molecule has 0 unspecified atom stereocenters. The van der Waals surface area contributed by atoms with Crippen LogP contribution in [0.4, 0.5) is 0 Å². The molecule has 0 N–H and O–H groups in total. The zero-order chi connectivity index (χ0) is 9.80. The molecular weight excluding hydrogens is 244 g/mol. The van der Waals surface area contributed by atoms with Gasteiger partial charge in [-0.1, -0.05) is 19.3 Å². The SMILES string of the molecule is Brc1cncnc1OCCC1CCC1. The van der Waals surface area contributed by atoms with Crippen molar-refractivity contribution in [2.24, 2.45) is 5.92 Å². The Morgan fingerprint density at radius 3 is 3.00 bits per heavy atom. The predicted octanol–water partition coefficient (Wildman–Crippen LogP) is 2.81. The van der Waals surface area contributed by atoms with E-state index in [9.17, 15) is 0 Å². The minimum absolute atomic E-state index is 0.652. The van der Waals surface area contributed by atoms with Crippen LogP contribution >= 0.6 is 15.9 Å². The second-order valence-electron chi connectivity index (χ2n) is 3.61. The first kappa shape index (κ1) is 9.90. The Morgan fingerprint density at radius 2 is 2.36 bits per heavy atom. The number of nitrogens with zero attached hydrogens (tertiary/aromatic N) is 2. The molecule has 1 aliphatic rings. The van der Waals surface area contributed by atoms with Gasteiger partial charge in [-0.3, -0.25) is 0 Å². The van der Waals surface area contributed by atoms with E-state index in [1.807, 2.05) is 0 Å². The van der Waals surface area contributed by atoms with E-state index in [0.717, 1.165) is 23.4 Å². The Hall–Kier alpha value is -0.640. The summed E-state index contributed by atoms with van der Waals surface area (Å²) in [6.07, 6.45) is 8.48. The number of hydrogen-bond acceptors (Lipinski definition) is 3. The fraction of sp³-hybridized carbons (Fsp3) is 0.600. The van der Waals surface area contributed by atoms with Gasteiger partial charge in [-0.25, -0.2) is 9.97 Å². The molecule has 1 heterocycles. The highest BCUT2D eigenvalue weighted by Crippen LogP contribution is 2.29. The van der Waals surface area contributed by atoms with Crippen LogP contribution in [0, 0.1) is 5.92 Å². The van der Waals surface area contributed by atoms with Gasteiger partial charge in [-0.2, -0.15) is 0 Å². The van der Waals surface area contributed by atoms with Gasteiger partial charge in [0.05, 0.1) is 11.1 Å². The van der Waals surface area contributed by atoms with Gasteiger partial charge in [-0.05, 0) is 28.3 Å². The lowest BCUT2D eigenvalue weighted by molar-refractivity contribution is 0.216. The Morgan fingerprint density at radius 1 is 1.50 bits per heavy atom. The summed E-state index contributed by atoms with van der Waals surface area (Å²) in [5.74, 6) is 1.54. The highest BCUT2D eigenvalue weighted by Gasteiger charge is 2.17. The molecule has 4 heteroatoms. The van der Waals surface area contributed by atoms with Crippen molar-refractivity contribution in [1.82, 2.24) is 9.97 Å². The number of hydrogen-bond donors (Lipinski definition) is 0. The van der Waals surface area contributed by atoms with E-state index < -0.39 is 0 Å². The zero-order valence-corrected chi connectivity index (χ0v) is 9.53. The number of aromatic nitrogens is 2. The molecule has 3 nitrogen and oxygen atoms in total. The monoisotopic (exact) mass is 256 g/mol. The summed E-state index contributed by atoms with van der Waals surface area (Å²) < 4.78 is 6.37. The first-order valence-electron chi connectivity index (χ1n) is 4.94. The van der Waals surface area contributed by atoms with Crippen molar-refractivity contribution in [1.29, 1.82) is 0 Å². The van der Waals surface area contributed by atoms with Crippen LogP contribution in [0.25, 0.3) is 0 Å². The van der Waals surface area contributed by atoms with E-state index >= 15 is 0 Å². The van der Waals surface area contributed by atoms with Crippen LogP contribution < -0.4 is 4.74 Å². The molecule has 0 radical (unpaired) electrons. The second-order valence-corrected chi connectivity index (χ2v) is 4.46. The molecule has 0 atom stereocenters. The molecule has 1 aliphatic carbocycles. The maximum Gasteiger partial charge on any atom is 0.231 e. The van der Waals surface area contributed by atoms with Gasteiger partial charge in [0.1, 0.15) is 6.33 Å². The molecule has 2 rings (SSSR count). The lowest BCUT2D eigenvalue weighted by Gasteiger charge is -2.24. The summed E-state index contributed by atoms with van der Waals surface area (Å²) in [6, 6.07) is 0. The van der Waals surface area contributed by atoms with E-state index in [2.05, 4.69) is 25.9 Å². The van der Waals surface area contributed by atoms with Crippen molar-refractivity contribution in [3.63, 3.8) is 0 Å². The minimum Gasteiger partial charge on any atom is -0.477 e. The highest BCUT2D eigenvalue weighted by molar-refractivity contribution is 9.10. The zero-order valence-electron chi connectivity index (χ0n) is 7.95. The average molecular weight is 257 g/mol. The molecule has 0 saturated heterocycles. The van der Waals surface area contributed by atoms with Crippen LogP contribution in [0.5, 0.6) is 5.88 Å². The maximum atomic E-state index is 5.55. The van der Waals surface area contributed by atoms with Crippen LogP contribution in [-0.4, -0.2) is 16.6 Å². The van der Waals surface area contributed by atoms with Gasteiger partial charge in [0.15, 0.2) is 0 Å². The molecular formula is C10H13BrN2O.